The average molecular weight is 156 g/mol. The first-order valence-electron chi connectivity index (χ1n) is 3.51. The third-order valence-corrected chi connectivity index (χ3v) is 1.29. The minimum absolute atomic E-state index is 0.472. The van der Waals surface area contributed by atoms with Crippen LogP contribution in [0.25, 0.3) is 0 Å². The van der Waals surface area contributed by atoms with Crippen molar-refractivity contribution in [1.82, 2.24) is 5.32 Å². The maximum atomic E-state index is 10.2. The van der Waals surface area contributed by atoms with Crippen molar-refractivity contribution in [3.8, 4) is 6.07 Å². The molecular weight excluding hydrogens is 144 g/mol. The third-order valence-electron chi connectivity index (χ3n) is 1.29. The molecular formula is C7H12N2O2. The molecule has 1 unspecified atom stereocenters. The molecule has 1 atom stereocenters. The number of rotatable bonds is 5. The van der Waals surface area contributed by atoms with Crippen molar-refractivity contribution in [2.45, 2.75) is 25.8 Å². The summed E-state index contributed by atoms with van der Waals surface area (Å²) < 4.78 is 0. The first kappa shape index (κ1) is 9.92. The van der Waals surface area contributed by atoms with Crippen molar-refractivity contribution in [3.63, 3.8) is 0 Å². The molecule has 0 rings (SSSR count). The summed E-state index contributed by atoms with van der Waals surface area (Å²) in [5.41, 5.74) is 0. The first-order chi connectivity index (χ1) is 5.18. The van der Waals surface area contributed by atoms with Crippen LogP contribution in [0.4, 0.5) is 0 Å². The Morgan fingerprint density at radius 1 is 1.82 bits per heavy atom. The van der Waals surface area contributed by atoms with Gasteiger partial charge < -0.3 is 10.4 Å². The fraction of sp³-hybridized carbons (Fsp3) is 0.714. The van der Waals surface area contributed by atoms with Gasteiger partial charge in [-0.1, -0.05) is 0 Å². The van der Waals surface area contributed by atoms with Gasteiger partial charge in [-0.15, -0.1) is 0 Å². The highest BCUT2D eigenvalue weighted by Crippen LogP contribution is 1.86. The minimum Gasteiger partial charge on any atom is -0.480 e. The van der Waals surface area contributed by atoms with Crippen LogP contribution in [0.5, 0.6) is 0 Å². The second-order valence-electron chi connectivity index (χ2n) is 2.28. The van der Waals surface area contributed by atoms with Crippen LogP contribution >= 0.6 is 0 Å². The van der Waals surface area contributed by atoms with Crippen molar-refractivity contribution >= 4 is 5.97 Å². The maximum Gasteiger partial charge on any atom is 0.320 e. The van der Waals surface area contributed by atoms with Crippen molar-refractivity contribution in [1.29, 1.82) is 5.26 Å². The lowest BCUT2D eigenvalue weighted by Crippen LogP contribution is -2.34. The highest BCUT2D eigenvalue weighted by Gasteiger charge is 2.07. The molecule has 0 saturated carbocycles. The van der Waals surface area contributed by atoms with Gasteiger partial charge in [0.15, 0.2) is 0 Å². The molecule has 0 aliphatic rings. The molecule has 0 heterocycles. The lowest BCUT2D eigenvalue weighted by molar-refractivity contribution is -0.138. The number of aliphatic carboxylic acids is 1. The number of hydrogen-bond donors (Lipinski definition) is 2. The van der Waals surface area contributed by atoms with Gasteiger partial charge in [-0.05, 0) is 19.9 Å². The van der Waals surface area contributed by atoms with Crippen LogP contribution in [-0.2, 0) is 4.79 Å². The highest BCUT2D eigenvalue weighted by molar-refractivity contribution is 5.72. The topological polar surface area (TPSA) is 73.1 Å². The van der Waals surface area contributed by atoms with Gasteiger partial charge in [0.2, 0.25) is 0 Å². The molecule has 11 heavy (non-hydrogen) atoms. The molecule has 0 amide bonds. The van der Waals surface area contributed by atoms with Crippen molar-refractivity contribution in [2.75, 3.05) is 6.54 Å². The van der Waals surface area contributed by atoms with Gasteiger partial charge in [0.05, 0.1) is 6.07 Å². The molecule has 0 bridgehead atoms. The second kappa shape index (κ2) is 5.69. The molecule has 0 fully saturated rings. The van der Waals surface area contributed by atoms with Gasteiger partial charge in [-0.3, -0.25) is 4.79 Å². The van der Waals surface area contributed by atoms with E-state index in [0.717, 1.165) is 0 Å². The fourth-order valence-corrected chi connectivity index (χ4v) is 0.573. The van der Waals surface area contributed by atoms with Gasteiger partial charge in [0.1, 0.15) is 6.04 Å². The van der Waals surface area contributed by atoms with Gasteiger partial charge in [0.25, 0.3) is 0 Å². The summed E-state index contributed by atoms with van der Waals surface area (Å²) in [5.74, 6) is -0.859. The number of unbranched alkanes of at least 4 members (excludes halogenated alkanes) is 1. The quantitative estimate of drug-likeness (QED) is 0.563. The molecule has 0 radical (unpaired) electrons. The Hall–Kier alpha value is -1.08. The zero-order chi connectivity index (χ0) is 8.69. The summed E-state index contributed by atoms with van der Waals surface area (Å²) >= 11 is 0. The number of hydrogen-bond acceptors (Lipinski definition) is 3. The van der Waals surface area contributed by atoms with E-state index in [-0.39, 0.29) is 0 Å². The largest absolute Gasteiger partial charge is 0.480 e. The van der Waals surface area contributed by atoms with Crippen molar-refractivity contribution in [3.05, 3.63) is 0 Å². The van der Waals surface area contributed by atoms with E-state index >= 15 is 0 Å². The Morgan fingerprint density at radius 2 is 2.45 bits per heavy atom. The molecule has 0 aromatic heterocycles. The van der Waals surface area contributed by atoms with E-state index in [0.29, 0.717) is 19.4 Å². The number of nitrogens with one attached hydrogen (secondary N) is 1. The van der Waals surface area contributed by atoms with E-state index in [1.165, 1.54) is 0 Å². The van der Waals surface area contributed by atoms with Crippen LogP contribution in [0.3, 0.4) is 0 Å². The lowest BCUT2D eigenvalue weighted by atomic mass is 10.3. The van der Waals surface area contributed by atoms with Gasteiger partial charge in [-0.2, -0.15) is 5.26 Å². The summed E-state index contributed by atoms with van der Waals surface area (Å²) in [4.78, 5) is 10.2. The Labute approximate surface area is 65.8 Å². The standard InChI is InChI=1S/C7H12N2O2/c1-6(7(10)11)9-5-3-2-4-8/h6,9H,2-3,5H2,1H3,(H,10,11). The average Bonchev–Trinajstić information content (AvgIpc) is 1.97. The van der Waals surface area contributed by atoms with Gasteiger partial charge in [-0.25, -0.2) is 0 Å². The molecule has 0 aromatic carbocycles. The molecule has 4 heteroatoms. The minimum atomic E-state index is -0.859. The number of nitriles is 1. The summed E-state index contributed by atoms with van der Waals surface area (Å²) in [5, 5.41) is 19.3. The Bertz CT molecular complexity index is 162. The Balaban J connectivity index is 3.26. The van der Waals surface area contributed by atoms with Gasteiger partial charge >= 0.3 is 5.97 Å². The smallest absolute Gasteiger partial charge is 0.320 e. The fourth-order valence-electron chi connectivity index (χ4n) is 0.573. The Kier molecular flexibility index (Phi) is 5.13. The number of carboxylic acids is 1. The van der Waals surface area contributed by atoms with Crippen LogP contribution in [0, 0.1) is 11.3 Å². The van der Waals surface area contributed by atoms with E-state index in [1.54, 1.807) is 6.92 Å². The summed E-state index contributed by atoms with van der Waals surface area (Å²) in [6, 6.07) is 1.46. The lowest BCUT2D eigenvalue weighted by Gasteiger charge is -2.06. The van der Waals surface area contributed by atoms with Crippen LogP contribution in [0.15, 0.2) is 0 Å². The number of nitrogens with zero attached hydrogens (tertiary/aromatic N) is 1. The molecule has 0 aliphatic carbocycles. The summed E-state index contributed by atoms with van der Waals surface area (Å²) in [6.45, 7) is 2.16. The third kappa shape index (κ3) is 5.37. The van der Waals surface area contributed by atoms with Crippen LogP contribution in [0.2, 0.25) is 0 Å². The van der Waals surface area contributed by atoms with E-state index in [4.69, 9.17) is 10.4 Å². The maximum absolute atomic E-state index is 10.2. The number of carbonyl (C=O) groups is 1. The van der Waals surface area contributed by atoms with E-state index in [2.05, 4.69) is 5.32 Å². The zero-order valence-corrected chi connectivity index (χ0v) is 6.50. The Morgan fingerprint density at radius 3 is 2.91 bits per heavy atom. The summed E-state index contributed by atoms with van der Waals surface area (Å²) in [6.07, 6.45) is 1.17. The van der Waals surface area contributed by atoms with E-state index < -0.39 is 12.0 Å². The molecule has 62 valence electrons. The van der Waals surface area contributed by atoms with E-state index in [1.807, 2.05) is 6.07 Å². The highest BCUT2D eigenvalue weighted by atomic mass is 16.4. The molecule has 0 saturated heterocycles. The predicted octanol–water partition coefficient (Wildman–Crippen LogP) is 0.353. The van der Waals surface area contributed by atoms with Crippen LogP contribution in [0.1, 0.15) is 19.8 Å². The predicted molar refractivity (Wildman–Crippen MR) is 39.9 cm³/mol. The monoisotopic (exact) mass is 156 g/mol. The van der Waals surface area contributed by atoms with Crippen LogP contribution in [-0.4, -0.2) is 23.7 Å². The van der Waals surface area contributed by atoms with E-state index in [9.17, 15) is 4.79 Å². The SMILES string of the molecule is CC(NCCCC#N)C(=O)O. The molecule has 0 spiro atoms. The zero-order valence-electron chi connectivity index (χ0n) is 6.50. The summed E-state index contributed by atoms with van der Waals surface area (Å²) in [7, 11) is 0. The first-order valence-corrected chi connectivity index (χ1v) is 3.51. The normalized spacial score (nSPS) is 12.0. The van der Waals surface area contributed by atoms with Gasteiger partial charge in [0, 0.05) is 6.42 Å². The number of carboxylic acid groups (broad SMARTS) is 1. The molecule has 4 nitrogen and oxygen atoms in total. The molecule has 0 aromatic rings. The molecule has 2 N–H and O–H groups in total. The molecule has 0 aliphatic heterocycles. The van der Waals surface area contributed by atoms with Crippen LogP contribution < -0.4 is 5.32 Å². The van der Waals surface area contributed by atoms with Crippen molar-refractivity contribution in [2.24, 2.45) is 0 Å². The van der Waals surface area contributed by atoms with Crippen molar-refractivity contribution < 1.29 is 9.90 Å². The second-order valence-corrected chi connectivity index (χ2v) is 2.28.